The van der Waals surface area contributed by atoms with Crippen LogP contribution >= 0.6 is 23.2 Å². The van der Waals surface area contributed by atoms with Crippen molar-refractivity contribution in [3.63, 3.8) is 0 Å². The van der Waals surface area contributed by atoms with Crippen LogP contribution < -0.4 is 11.1 Å². The molecule has 2 nitrogen and oxygen atoms in total. The summed E-state index contributed by atoms with van der Waals surface area (Å²) in [4.78, 5) is 0. The molecule has 0 aromatic heterocycles. The Hall–Kier alpha value is -1.06. The number of rotatable bonds is 6. The second kappa shape index (κ2) is 8.35. The number of nitrogens with one attached hydrogen (secondary N) is 1. The third kappa shape index (κ3) is 4.12. The molecule has 0 spiro atoms. The van der Waals surface area contributed by atoms with Gasteiger partial charge in [0.15, 0.2) is 0 Å². The number of halogens is 2. The summed E-state index contributed by atoms with van der Waals surface area (Å²) in [5.41, 5.74) is 8.58. The molecule has 3 rings (SSSR count). The van der Waals surface area contributed by atoms with E-state index in [-0.39, 0.29) is 0 Å². The molecule has 0 bridgehead atoms. The van der Waals surface area contributed by atoms with Gasteiger partial charge in [-0.1, -0.05) is 59.6 Å². The number of nitrogens with two attached hydrogens (primary N) is 1. The van der Waals surface area contributed by atoms with Crippen molar-refractivity contribution in [2.45, 2.75) is 18.8 Å². The molecule has 24 heavy (non-hydrogen) atoms. The minimum absolute atomic E-state index is 0.458. The fraction of sp³-hybridized carbons (Fsp3) is 0.400. The first-order valence-corrected chi connectivity index (χ1v) is 9.34. The molecule has 3 atom stereocenters. The molecule has 1 saturated heterocycles. The zero-order valence-corrected chi connectivity index (χ0v) is 15.2. The van der Waals surface area contributed by atoms with Gasteiger partial charge in [0.05, 0.1) is 10.0 Å². The smallest absolute Gasteiger partial charge is 0.0595 e. The summed E-state index contributed by atoms with van der Waals surface area (Å²) in [7, 11) is 0. The monoisotopic (exact) mass is 362 g/mol. The van der Waals surface area contributed by atoms with E-state index >= 15 is 0 Å². The first kappa shape index (κ1) is 17.8. The van der Waals surface area contributed by atoms with Crippen molar-refractivity contribution in [2.24, 2.45) is 17.6 Å². The Morgan fingerprint density at radius 1 is 1.04 bits per heavy atom. The summed E-state index contributed by atoms with van der Waals surface area (Å²) in [6.07, 6.45) is 2.11. The summed E-state index contributed by atoms with van der Waals surface area (Å²) in [6.45, 7) is 2.74. The Morgan fingerprint density at radius 3 is 2.54 bits per heavy atom. The van der Waals surface area contributed by atoms with E-state index in [0.29, 0.717) is 27.8 Å². The quantitative estimate of drug-likeness (QED) is 0.793. The summed E-state index contributed by atoms with van der Waals surface area (Å²) >= 11 is 12.3. The van der Waals surface area contributed by atoms with Crippen molar-refractivity contribution >= 4 is 23.2 Å². The van der Waals surface area contributed by atoms with Gasteiger partial charge in [0.1, 0.15) is 0 Å². The minimum atomic E-state index is 0.458. The average Bonchev–Trinajstić information content (AvgIpc) is 3.07. The van der Waals surface area contributed by atoms with Crippen molar-refractivity contribution < 1.29 is 0 Å². The predicted octanol–water partition coefficient (Wildman–Crippen LogP) is 4.50. The van der Waals surface area contributed by atoms with Gasteiger partial charge >= 0.3 is 0 Å². The van der Waals surface area contributed by atoms with Crippen LogP contribution in [0.25, 0.3) is 0 Å². The van der Waals surface area contributed by atoms with Crippen LogP contribution in [-0.4, -0.2) is 19.6 Å². The van der Waals surface area contributed by atoms with Gasteiger partial charge in [0, 0.05) is 12.5 Å². The highest BCUT2D eigenvalue weighted by Crippen LogP contribution is 2.38. The highest BCUT2D eigenvalue weighted by atomic mass is 35.5. The van der Waals surface area contributed by atoms with Crippen LogP contribution in [0, 0.1) is 11.8 Å². The lowest BCUT2D eigenvalue weighted by Gasteiger charge is -2.28. The van der Waals surface area contributed by atoms with Crippen molar-refractivity contribution in [1.82, 2.24) is 5.32 Å². The van der Waals surface area contributed by atoms with E-state index < -0.39 is 0 Å². The molecule has 128 valence electrons. The first-order valence-electron chi connectivity index (χ1n) is 8.58. The standard InChI is InChI=1S/C20H24Cl2N2/c21-19-7-6-15(11-20(19)22)17-12-24-13-18(17)16(8-9-23)10-14-4-2-1-3-5-14/h1-7,11,16-18,24H,8-10,12-13,23H2. The van der Waals surface area contributed by atoms with Gasteiger partial charge < -0.3 is 11.1 Å². The zero-order chi connectivity index (χ0) is 16.9. The van der Waals surface area contributed by atoms with Crippen molar-refractivity contribution in [2.75, 3.05) is 19.6 Å². The van der Waals surface area contributed by atoms with Gasteiger partial charge in [-0.2, -0.15) is 0 Å². The van der Waals surface area contributed by atoms with Crippen LogP contribution in [0.3, 0.4) is 0 Å². The van der Waals surface area contributed by atoms with Crippen LogP contribution in [0.4, 0.5) is 0 Å². The summed E-state index contributed by atoms with van der Waals surface area (Å²) in [6, 6.07) is 16.7. The third-order valence-electron chi connectivity index (χ3n) is 5.12. The topological polar surface area (TPSA) is 38.0 Å². The molecule has 0 radical (unpaired) electrons. The second-order valence-corrected chi connectivity index (χ2v) is 7.44. The Balaban J connectivity index is 1.81. The molecule has 0 amide bonds. The molecule has 1 aliphatic rings. The summed E-state index contributed by atoms with van der Waals surface area (Å²) in [5.74, 6) is 1.58. The molecule has 1 aliphatic heterocycles. The van der Waals surface area contributed by atoms with E-state index in [9.17, 15) is 0 Å². The molecule has 4 heteroatoms. The molecule has 0 aliphatic carbocycles. The van der Waals surface area contributed by atoms with Crippen LogP contribution in [0.5, 0.6) is 0 Å². The predicted molar refractivity (Wildman–Crippen MR) is 103 cm³/mol. The van der Waals surface area contributed by atoms with Gasteiger partial charge in [0.2, 0.25) is 0 Å². The lowest BCUT2D eigenvalue weighted by Crippen LogP contribution is -2.26. The van der Waals surface area contributed by atoms with Crippen molar-refractivity contribution in [1.29, 1.82) is 0 Å². The minimum Gasteiger partial charge on any atom is -0.330 e. The molecule has 3 unspecified atom stereocenters. The number of hydrogen-bond donors (Lipinski definition) is 2. The molecule has 1 fully saturated rings. The number of hydrogen-bond acceptors (Lipinski definition) is 2. The molecule has 3 N–H and O–H groups in total. The fourth-order valence-corrected chi connectivity index (χ4v) is 4.21. The molecular formula is C20H24Cl2N2. The highest BCUT2D eigenvalue weighted by molar-refractivity contribution is 6.42. The normalized spacial score (nSPS) is 21.8. The Morgan fingerprint density at radius 2 is 1.83 bits per heavy atom. The molecule has 1 heterocycles. The van der Waals surface area contributed by atoms with E-state index in [1.165, 1.54) is 11.1 Å². The van der Waals surface area contributed by atoms with Gasteiger partial charge in [-0.3, -0.25) is 0 Å². The van der Waals surface area contributed by atoms with Crippen LogP contribution in [0.2, 0.25) is 10.0 Å². The van der Waals surface area contributed by atoms with E-state index in [4.69, 9.17) is 28.9 Å². The van der Waals surface area contributed by atoms with Crippen LogP contribution in [0.15, 0.2) is 48.5 Å². The Kier molecular flexibility index (Phi) is 6.18. The Bertz CT molecular complexity index is 660. The highest BCUT2D eigenvalue weighted by Gasteiger charge is 2.34. The molecule has 2 aromatic carbocycles. The second-order valence-electron chi connectivity index (χ2n) is 6.63. The van der Waals surface area contributed by atoms with Crippen molar-refractivity contribution in [3.05, 3.63) is 69.7 Å². The largest absolute Gasteiger partial charge is 0.330 e. The maximum atomic E-state index is 6.24. The van der Waals surface area contributed by atoms with E-state index in [1.54, 1.807) is 0 Å². The molecule has 0 saturated carbocycles. The SMILES string of the molecule is NCCC(Cc1ccccc1)C1CNCC1c1ccc(Cl)c(Cl)c1. The molecular weight excluding hydrogens is 339 g/mol. The van der Waals surface area contributed by atoms with E-state index in [0.717, 1.165) is 32.5 Å². The van der Waals surface area contributed by atoms with Crippen molar-refractivity contribution in [3.8, 4) is 0 Å². The van der Waals surface area contributed by atoms with Gasteiger partial charge in [-0.05, 0) is 61.0 Å². The first-order chi connectivity index (χ1) is 11.7. The summed E-state index contributed by atoms with van der Waals surface area (Å²) < 4.78 is 0. The van der Waals surface area contributed by atoms with Crippen LogP contribution in [-0.2, 0) is 6.42 Å². The van der Waals surface area contributed by atoms with E-state index in [2.05, 4.69) is 41.7 Å². The number of benzene rings is 2. The molecule has 2 aromatic rings. The van der Waals surface area contributed by atoms with Gasteiger partial charge in [-0.15, -0.1) is 0 Å². The zero-order valence-electron chi connectivity index (χ0n) is 13.7. The van der Waals surface area contributed by atoms with Gasteiger partial charge in [0.25, 0.3) is 0 Å². The maximum Gasteiger partial charge on any atom is 0.0595 e. The third-order valence-corrected chi connectivity index (χ3v) is 5.86. The van der Waals surface area contributed by atoms with Gasteiger partial charge in [-0.25, -0.2) is 0 Å². The lowest BCUT2D eigenvalue weighted by atomic mass is 9.76. The average molecular weight is 363 g/mol. The lowest BCUT2D eigenvalue weighted by molar-refractivity contribution is 0.311. The van der Waals surface area contributed by atoms with Crippen LogP contribution in [0.1, 0.15) is 23.5 Å². The summed E-state index contributed by atoms with van der Waals surface area (Å²) in [5, 5.41) is 4.82. The van der Waals surface area contributed by atoms with E-state index in [1.807, 2.05) is 12.1 Å². The Labute approximate surface area is 154 Å². The fourth-order valence-electron chi connectivity index (χ4n) is 3.90. The maximum absolute atomic E-state index is 6.24.